The van der Waals surface area contributed by atoms with Crippen molar-refractivity contribution in [1.29, 1.82) is 0 Å². The predicted molar refractivity (Wildman–Crippen MR) is 71.1 cm³/mol. The molecule has 2 rings (SSSR count). The number of ether oxygens (including phenoxy) is 1. The van der Waals surface area contributed by atoms with Gasteiger partial charge in [-0.25, -0.2) is 0 Å². The van der Waals surface area contributed by atoms with Gasteiger partial charge in [0.05, 0.1) is 12.3 Å². The van der Waals surface area contributed by atoms with Gasteiger partial charge in [0.2, 0.25) is 0 Å². The Balaban J connectivity index is 1.94. The number of rotatable bonds is 6. The van der Waals surface area contributed by atoms with Crippen LogP contribution in [0.2, 0.25) is 0 Å². The zero-order valence-corrected chi connectivity index (χ0v) is 11.1. The highest BCUT2D eigenvalue weighted by Crippen LogP contribution is 2.29. The van der Waals surface area contributed by atoms with Crippen LogP contribution in [0.4, 0.5) is 0 Å². The van der Waals surface area contributed by atoms with E-state index in [2.05, 4.69) is 10.5 Å². The lowest BCUT2D eigenvalue weighted by molar-refractivity contribution is 0.316. The molecular weight excluding hydrogens is 244 g/mol. The molecule has 0 spiro atoms. The summed E-state index contributed by atoms with van der Waals surface area (Å²) in [7, 11) is 0. The van der Waals surface area contributed by atoms with Crippen molar-refractivity contribution in [2.24, 2.45) is 0 Å². The summed E-state index contributed by atoms with van der Waals surface area (Å²) < 4.78 is 10.3. The molecule has 0 saturated heterocycles. The highest BCUT2D eigenvalue weighted by molar-refractivity contribution is 5.45. The van der Waals surface area contributed by atoms with Gasteiger partial charge in [0.15, 0.2) is 11.5 Å². The normalized spacial score (nSPS) is 10.6. The van der Waals surface area contributed by atoms with Crippen molar-refractivity contribution >= 4 is 0 Å². The Morgan fingerprint density at radius 2 is 2.21 bits per heavy atom. The number of para-hydroxylation sites is 1. The summed E-state index contributed by atoms with van der Waals surface area (Å²) in [6.07, 6.45) is 0. The summed E-state index contributed by atoms with van der Waals surface area (Å²) in [4.78, 5) is 0. The summed E-state index contributed by atoms with van der Waals surface area (Å²) in [6.45, 7) is 5.40. The largest absolute Gasteiger partial charge is 0.504 e. The van der Waals surface area contributed by atoms with E-state index < -0.39 is 0 Å². The molecule has 0 saturated carbocycles. The van der Waals surface area contributed by atoms with Crippen LogP contribution in [0.3, 0.4) is 0 Å². The number of phenols is 1. The summed E-state index contributed by atoms with van der Waals surface area (Å²) in [6, 6.07) is 7.35. The van der Waals surface area contributed by atoms with Crippen molar-refractivity contribution in [2.75, 3.05) is 6.61 Å². The molecule has 1 aromatic carbocycles. The first-order valence-corrected chi connectivity index (χ1v) is 6.27. The molecule has 0 radical (unpaired) electrons. The average molecular weight is 262 g/mol. The molecule has 102 valence electrons. The van der Waals surface area contributed by atoms with Gasteiger partial charge in [-0.15, -0.1) is 0 Å². The standard InChI is InChI=1S/C14H18N2O3/c1-3-18-13-6-4-5-11(14(13)17)8-15-9-12-7-10(2)19-16-12/h4-7,15,17H,3,8-9H2,1-2H3. The lowest BCUT2D eigenvalue weighted by atomic mass is 10.2. The van der Waals surface area contributed by atoms with Crippen molar-refractivity contribution in [3.8, 4) is 11.5 Å². The molecule has 5 nitrogen and oxygen atoms in total. The summed E-state index contributed by atoms with van der Waals surface area (Å²) in [5.41, 5.74) is 1.64. The maximum atomic E-state index is 10.0. The second-order valence-electron chi connectivity index (χ2n) is 4.23. The van der Waals surface area contributed by atoms with E-state index in [1.165, 1.54) is 0 Å². The third-order valence-electron chi connectivity index (χ3n) is 2.68. The minimum atomic E-state index is 0.188. The Labute approximate surface area is 112 Å². The first-order chi connectivity index (χ1) is 9.20. The molecule has 0 aliphatic carbocycles. The third kappa shape index (κ3) is 3.48. The predicted octanol–water partition coefficient (Wildman–Crippen LogP) is 2.38. The molecule has 5 heteroatoms. The Bertz CT molecular complexity index is 537. The quantitative estimate of drug-likeness (QED) is 0.836. The van der Waals surface area contributed by atoms with E-state index in [0.29, 0.717) is 25.4 Å². The number of aryl methyl sites for hydroxylation is 1. The number of aromatic nitrogens is 1. The fraction of sp³-hybridized carbons (Fsp3) is 0.357. The van der Waals surface area contributed by atoms with Crippen LogP contribution in [0.15, 0.2) is 28.8 Å². The fourth-order valence-electron chi connectivity index (χ4n) is 1.81. The van der Waals surface area contributed by atoms with Gasteiger partial charge in [0.25, 0.3) is 0 Å². The van der Waals surface area contributed by atoms with Crippen LogP contribution in [-0.4, -0.2) is 16.9 Å². The van der Waals surface area contributed by atoms with Gasteiger partial charge in [-0.05, 0) is 19.9 Å². The molecule has 19 heavy (non-hydrogen) atoms. The molecular formula is C14H18N2O3. The highest BCUT2D eigenvalue weighted by Gasteiger charge is 2.07. The smallest absolute Gasteiger partial charge is 0.162 e. The Morgan fingerprint density at radius 1 is 1.37 bits per heavy atom. The Kier molecular flexibility index (Phi) is 4.41. The summed E-state index contributed by atoms with van der Waals surface area (Å²) in [5.74, 6) is 1.49. The van der Waals surface area contributed by atoms with E-state index in [1.807, 2.05) is 32.0 Å². The molecule has 0 fully saturated rings. The second kappa shape index (κ2) is 6.24. The number of benzene rings is 1. The maximum Gasteiger partial charge on any atom is 0.162 e. The van der Waals surface area contributed by atoms with Gasteiger partial charge in [-0.1, -0.05) is 17.3 Å². The zero-order chi connectivity index (χ0) is 13.7. The lowest BCUT2D eigenvalue weighted by Gasteiger charge is -2.10. The second-order valence-corrected chi connectivity index (χ2v) is 4.23. The fourth-order valence-corrected chi connectivity index (χ4v) is 1.81. The minimum Gasteiger partial charge on any atom is -0.504 e. The van der Waals surface area contributed by atoms with E-state index in [9.17, 15) is 5.11 Å². The van der Waals surface area contributed by atoms with Gasteiger partial charge in [0.1, 0.15) is 5.76 Å². The number of phenolic OH excluding ortho intramolecular Hbond substituents is 1. The molecule has 0 amide bonds. The van der Waals surface area contributed by atoms with Crippen LogP contribution in [0.25, 0.3) is 0 Å². The molecule has 2 aromatic rings. The van der Waals surface area contributed by atoms with Crippen LogP contribution in [0, 0.1) is 6.92 Å². The van der Waals surface area contributed by atoms with E-state index in [0.717, 1.165) is 17.0 Å². The molecule has 0 bridgehead atoms. The first-order valence-electron chi connectivity index (χ1n) is 6.27. The van der Waals surface area contributed by atoms with Gasteiger partial charge in [0, 0.05) is 24.7 Å². The van der Waals surface area contributed by atoms with Gasteiger partial charge in [-0.3, -0.25) is 0 Å². The summed E-state index contributed by atoms with van der Waals surface area (Å²) >= 11 is 0. The van der Waals surface area contributed by atoms with E-state index >= 15 is 0 Å². The number of hydrogen-bond donors (Lipinski definition) is 2. The first kappa shape index (κ1) is 13.4. The van der Waals surface area contributed by atoms with Crippen LogP contribution in [-0.2, 0) is 13.1 Å². The van der Waals surface area contributed by atoms with Crippen molar-refractivity contribution in [2.45, 2.75) is 26.9 Å². The Hall–Kier alpha value is -2.01. The molecule has 1 aromatic heterocycles. The van der Waals surface area contributed by atoms with Crippen LogP contribution in [0.1, 0.15) is 23.9 Å². The van der Waals surface area contributed by atoms with Crippen molar-refractivity contribution in [3.63, 3.8) is 0 Å². The monoisotopic (exact) mass is 262 g/mol. The molecule has 1 heterocycles. The van der Waals surface area contributed by atoms with Gasteiger partial charge in [-0.2, -0.15) is 0 Å². The average Bonchev–Trinajstić information content (AvgIpc) is 2.80. The minimum absolute atomic E-state index is 0.188. The van der Waals surface area contributed by atoms with Crippen molar-refractivity contribution in [1.82, 2.24) is 10.5 Å². The third-order valence-corrected chi connectivity index (χ3v) is 2.68. The molecule has 2 N–H and O–H groups in total. The van der Waals surface area contributed by atoms with Crippen LogP contribution in [0.5, 0.6) is 11.5 Å². The lowest BCUT2D eigenvalue weighted by Crippen LogP contribution is -2.13. The van der Waals surface area contributed by atoms with Gasteiger partial charge >= 0.3 is 0 Å². The molecule has 0 aliphatic rings. The molecule has 0 atom stereocenters. The molecule has 0 unspecified atom stereocenters. The zero-order valence-electron chi connectivity index (χ0n) is 11.1. The number of hydrogen-bond acceptors (Lipinski definition) is 5. The molecule has 0 aliphatic heterocycles. The van der Waals surface area contributed by atoms with Gasteiger partial charge < -0.3 is 19.7 Å². The number of aromatic hydroxyl groups is 1. The van der Waals surface area contributed by atoms with Crippen molar-refractivity contribution in [3.05, 3.63) is 41.3 Å². The summed E-state index contributed by atoms with van der Waals surface area (Å²) in [5, 5.41) is 17.1. The maximum absolute atomic E-state index is 10.0. The number of nitrogens with zero attached hydrogens (tertiary/aromatic N) is 1. The highest BCUT2D eigenvalue weighted by atomic mass is 16.5. The van der Waals surface area contributed by atoms with Crippen molar-refractivity contribution < 1.29 is 14.4 Å². The van der Waals surface area contributed by atoms with E-state index in [4.69, 9.17) is 9.26 Å². The number of nitrogens with one attached hydrogen (secondary N) is 1. The topological polar surface area (TPSA) is 67.5 Å². The van der Waals surface area contributed by atoms with E-state index in [-0.39, 0.29) is 5.75 Å². The Morgan fingerprint density at radius 3 is 2.89 bits per heavy atom. The SMILES string of the molecule is CCOc1cccc(CNCc2cc(C)on2)c1O. The van der Waals surface area contributed by atoms with E-state index in [1.54, 1.807) is 6.07 Å². The van der Waals surface area contributed by atoms with Crippen LogP contribution < -0.4 is 10.1 Å². The van der Waals surface area contributed by atoms with Crippen LogP contribution >= 0.6 is 0 Å².